The Morgan fingerprint density at radius 2 is 1.85 bits per heavy atom. The first kappa shape index (κ1) is 23.9. The third-order valence-corrected chi connectivity index (χ3v) is 7.44. The summed E-state index contributed by atoms with van der Waals surface area (Å²) < 4.78 is 39.4. The van der Waals surface area contributed by atoms with Crippen molar-refractivity contribution in [3.05, 3.63) is 83.4 Å². The SMILES string of the molecule is CCc1ccc(OCCNC(=O)[C@H]2CN(S(=O)(=O)c3ccccc3)c3cc(Cl)ccc3O2)cc1. The molecule has 34 heavy (non-hydrogen) atoms. The number of rotatable bonds is 8. The normalized spacial score (nSPS) is 15.2. The number of amides is 1. The summed E-state index contributed by atoms with van der Waals surface area (Å²) in [7, 11) is -3.94. The van der Waals surface area contributed by atoms with E-state index >= 15 is 0 Å². The average Bonchev–Trinajstić information content (AvgIpc) is 2.86. The molecular formula is C25H25ClN2O5S. The molecule has 0 saturated carbocycles. The van der Waals surface area contributed by atoms with Crippen molar-refractivity contribution in [1.82, 2.24) is 5.32 Å². The number of hydrogen-bond acceptors (Lipinski definition) is 5. The molecule has 0 unspecified atom stereocenters. The second-order valence-corrected chi connectivity index (χ2v) is 10.0. The number of nitrogens with one attached hydrogen (secondary N) is 1. The molecule has 4 rings (SSSR count). The summed E-state index contributed by atoms with van der Waals surface area (Å²) in [5.74, 6) is 0.549. The second kappa shape index (κ2) is 10.4. The number of sulfonamides is 1. The number of nitrogens with zero attached hydrogens (tertiary/aromatic N) is 1. The van der Waals surface area contributed by atoms with E-state index in [2.05, 4.69) is 12.2 Å². The quantitative estimate of drug-likeness (QED) is 0.471. The molecule has 7 nitrogen and oxygen atoms in total. The van der Waals surface area contributed by atoms with E-state index in [0.29, 0.717) is 16.5 Å². The Morgan fingerprint density at radius 3 is 2.56 bits per heavy atom. The minimum absolute atomic E-state index is 0.115. The lowest BCUT2D eigenvalue weighted by molar-refractivity contribution is -0.127. The van der Waals surface area contributed by atoms with E-state index in [0.717, 1.165) is 6.42 Å². The monoisotopic (exact) mass is 500 g/mol. The number of ether oxygens (including phenoxy) is 2. The zero-order chi connectivity index (χ0) is 24.1. The van der Waals surface area contributed by atoms with Gasteiger partial charge in [-0.15, -0.1) is 0 Å². The standard InChI is InChI=1S/C25H25ClN2O5S/c1-2-18-8-11-20(12-9-18)32-15-14-27-25(29)24-17-28(22-16-19(26)10-13-23(22)33-24)34(30,31)21-6-4-3-5-7-21/h3-13,16,24H,2,14-15,17H2,1H3,(H,27,29)/t24-/m1/s1. The number of carbonyl (C=O) groups is 1. The van der Waals surface area contributed by atoms with Crippen molar-refractivity contribution >= 4 is 33.2 Å². The van der Waals surface area contributed by atoms with Gasteiger partial charge in [-0.05, 0) is 54.4 Å². The van der Waals surface area contributed by atoms with Crippen LogP contribution in [0.25, 0.3) is 0 Å². The smallest absolute Gasteiger partial charge is 0.264 e. The van der Waals surface area contributed by atoms with E-state index in [1.807, 2.05) is 24.3 Å². The van der Waals surface area contributed by atoms with Crippen LogP contribution in [-0.4, -0.2) is 40.1 Å². The summed E-state index contributed by atoms with van der Waals surface area (Å²) in [5.41, 5.74) is 1.51. The zero-order valence-corrected chi connectivity index (χ0v) is 20.2. The van der Waals surface area contributed by atoms with Gasteiger partial charge in [0.2, 0.25) is 0 Å². The number of halogens is 1. The minimum Gasteiger partial charge on any atom is -0.492 e. The van der Waals surface area contributed by atoms with E-state index < -0.39 is 22.0 Å². The highest BCUT2D eigenvalue weighted by atomic mass is 35.5. The Morgan fingerprint density at radius 1 is 1.12 bits per heavy atom. The van der Waals surface area contributed by atoms with Crippen molar-refractivity contribution in [2.45, 2.75) is 24.3 Å². The predicted octanol–water partition coefficient (Wildman–Crippen LogP) is 4.05. The molecule has 3 aromatic carbocycles. The van der Waals surface area contributed by atoms with Crippen molar-refractivity contribution in [2.24, 2.45) is 0 Å². The van der Waals surface area contributed by atoms with E-state index in [9.17, 15) is 13.2 Å². The van der Waals surface area contributed by atoms with Gasteiger partial charge in [-0.1, -0.05) is 48.9 Å². The molecule has 0 fully saturated rings. The Hall–Kier alpha value is -3.23. The van der Waals surface area contributed by atoms with Crippen LogP contribution in [0.15, 0.2) is 77.7 Å². The first-order valence-corrected chi connectivity index (χ1v) is 12.7. The lowest BCUT2D eigenvalue weighted by atomic mass is 10.2. The van der Waals surface area contributed by atoms with Crippen LogP contribution in [-0.2, 0) is 21.2 Å². The summed E-state index contributed by atoms with van der Waals surface area (Å²) >= 11 is 6.12. The molecule has 178 valence electrons. The van der Waals surface area contributed by atoms with Crippen molar-refractivity contribution in [3.63, 3.8) is 0 Å². The van der Waals surface area contributed by atoms with Crippen molar-refractivity contribution in [1.29, 1.82) is 0 Å². The first-order valence-electron chi connectivity index (χ1n) is 10.9. The number of anilines is 1. The average molecular weight is 501 g/mol. The summed E-state index contributed by atoms with van der Waals surface area (Å²) in [6.45, 7) is 2.41. The largest absolute Gasteiger partial charge is 0.492 e. The molecule has 9 heteroatoms. The molecule has 1 N–H and O–H groups in total. The molecule has 0 bridgehead atoms. The van der Waals surface area contributed by atoms with Gasteiger partial charge in [0.05, 0.1) is 23.7 Å². The molecular weight excluding hydrogens is 476 g/mol. The van der Waals surface area contributed by atoms with Crippen LogP contribution < -0.4 is 19.1 Å². The number of carbonyl (C=O) groups excluding carboxylic acids is 1. The number of hydrogen-bond donors (Lipinski definition) is 1. The molecule has 0 aliphatic carbocycles. The van der Waals surface area contributed by atoms with Crippen molar-refractivity contribution in [3.8, 4) is 11.5 Å². The fourth-order valence-corrected chi connectivity index (χ4v) is 5.24. The third-order valence-electron chi connectivity index (χ3n) is 5.42. The van der Waals surface area contributed by atoms with Gasteiger partial charge >= 0.3 is 0 Å². The molecule has 3 aromatic rings. The molecule has 1 aliphatic heterocycles. The van der Waals surface area contributed by atoms with Crippen LogP contribution >= 0.6 is 11.6 Å². The fourth-order valence-electron chi connectivity index (χ4n) is 3.59. The van der Waals surface area contributed by atoms with Gasteiger partial charge in [0.25, 0.3) is 15.9 Å². The van der Waals surface area contributed by atoms with Crippen molar-refractivity contribution in [2.75, 3.05) is 24.0 Å². The number of fused-ring (bicyclic) bond motifs is 1. The Kier molecular flexibility index (Phi) is 7.29. The lowest BCUT2D eigenvalue weighted by Crippen LogP contribution is -2.51. The maximum absolute atomic E-state index is 13.4. The van der Waals surface area contributed by atoms with Gasteiger partial charge < -0.3 is 14.8 Å². The van der Waals surface area contributed by atoms with Crippen LogP contribution in [0.3, 0.4) is 0 Å². The predicted molar refractivity (Wildman–Crippen MR) is 131 cm³/mol. The number of aryl methyl sites for hydroxylation is 1. The molecule has 0 radical (unpaired) electrons. The van der Waals surface area contributed by atoms with Gasteiger partial charge in [0.15, 0.2) is 6.10 Å². The highest BCUT2D eigenvalue weighted by molar-refractivity contribution is 7.92. The van der Waals surface area contributed by atoms with Crippen LogP contribution in [0.2, 0.25) is 5.02 Å². The first-order chi connectivity index (χ1) is 16.4. The molecule has 1 atom stereocenters. The molecule has 0 saturated heterocycles. The van der Waals surface area contributed by atoms with Gasteiger partial charge in [-0.3, -0.25) is 9.10 Å². The van der Waals surface area contributed by atoms with E-state index in [1.54, 1.807) is 30.3 Å². The fraction of sp³-hybridized carbons (Fsp3) is 0.240. The lowest BCUT2D eigenvalue weighted by Gasteiger charge is -2.34. The third kappa shape index (κ3) is 5.29. The zero-order valence-electron chi connectivity index (χ0n) is 18.6. The van der Waals surface area contributed by atoms with Crippen LogP contribution in [0.4, 0.5) is 5.69 Å². The topological polar surface area (TPSA) is 84.9 Å². The summed E-state index contributed by atoms with van der Waals surface area (Å²) in [6, 6.07) is 20.5. The van der Waals surface area contributed by atoms with Crippen molar-refractivity contribution < 1.29 is 22.7 Å². The molecule has 1 amide bonds. The van der Waals surface area contributed by atoms with Crippen LogP contribution in [0, 0.1) is 0 Å². The second-order valence-electron chi connectivity index (χ2n) is 7.70. The van der Waals surface area contributed by atoms with Gasteiger partial charge in [0, 0.05) is 5.02 Å². The Bertz CT molecular complexity index is 1250. The molecule has 1 aliphatic rings. The van der Waals surface area contributed by atoms with Crippen LogP contribution in [0.1, 0.15) is 12.5 Å². The van der Waals surface area contributed by atoms with E-state index in [1.165, 1.54) is 28.1 Å². The van der Waals surface area contributed by atoms with Gasteiger partial charge in [-0.25, -0.2) is 8.42 Å². The number of benzene rings is 3. The van der Waals surface area contributed by atoms with E-state index in [4.69, 9.17) is 21.1 Å². The highest BCUT2D eigenvalue weighted by Crippen LogP contribution is 2.38. The highest BCUT2D eigenvalue weighted by Gasteiger charge is 2.37. The molecule has 0 aromatic heterocycles. The summed E-state index contributed by atoms with van der Waals surface area (Å²) in [5, 5.41) is 3.13. The van der Waals surface area contributed by atoms with Gasteiger partial charge in [0.1, 0.15) is 18.1 Å². The minimum atomic E-state index is -3.94. The van der Waals surface area contributed by atoms with Crippen LogP contribution in [0.5, 0.6) is 11.5 Å². The van der Waals surface area contributed by atoms with E-state index in [-0.39, 0.29) is 30.3 Å². The van der Waals surface area contributed by atoms with Gasteiger partial charge in [-0.2, -0.15) is 0 Å². The molecule has 1 heterocycles. The summed E-state index contributed by atoms with van der Waals surface area (Å²) in [6.07, 6.45) is -0.0830. The summed E-state index contributed by atoms with van der Waals surface area (Å²) in [4.78, 5) is 13.0. The maximum atomic E-state index is 13.4. The Balaban J connectivity index is 1.45. The maximum Gasteiger partial charge on any atom is 0.264 e. The Labute approximate surface area is 204 Å². The molecule has 0 spiro atoms.